The molecule has 5 aliphatic rings. The number of alkyl halides is 1. The number of aliphatic carboxylic acids is 1. The number of halogens is 1. The van der Waals surface area contributed by atoms with E-state index in [0.29, 0.717) is 29.5 Å². The van der Waals surface area contributed by atoms with Gasteiger partial charge in [-0.25, -0.2) is 0 Å². The molecule has 0 radical (unpaired) electrons. The molecule has 0 unspecified atom stereocenters. The van der Waals surface area contributed by atoms with Crippen molar-refractivity contribution in [1.82, 2.24) is 0 Å². The Kier molecular flexibility index (Phi) is 6.31. The van der Waals surface area contributed by atoms with Crippen molar-refractivity contribution in [3.8, 4) is 0 Å². The Morgan fingerprint density at radius 2 is 1.56 bits per heavy atom. The van der Waals surface area contributed by atoms with Gasteiger partial charge in [-0.05, 0) is 122 Å². The molecule has 0 aromatic heterocycles. The van der Waals surface area contributed by atoms with E-state index in [2.05, 4.69) is 57.1 Å². The van der Waals surface area contributed by atoms with Crippen LogP contribution in [0.15, 0.2) is 12.2 Å². The SMILES string of the molecule is C=C(CBr)[C@@H]1CC[C@]2(C(=O)O)CC[C@]3(C)[C@H](CC[C@@H]4[C@@]5(C)CC[C@H](C(C)=O)C(C)(C)[C@@H]5CC[C@]43C)[C@@H]12. The van der Waals surface area contributed by atoms with Crippen molar-refractivity contribution >= 4 is 27.7 Å². The second-order valence-electron chi connectivity index (χ2n) is 15.1. The van der Waals surface area contributed by atoms with Crippen LogP contribution in [0.5, 0.6) is 0 Å². The zero-order valence-corrected chi connectivity index (χ0v) is 25.2. The molecule has 0 amide bonds. The highest BCUT2D eigenvalue weighted by Crippen LogP contribution is 2.77. The van der Waals surface area contributed by atoms with Crippen molar-refractivity contribution in [2.24, 2.45) is 62.6 Å². The molecule has 36 heavy (non-hydrogen) atoms. The second-order valence-corrected chi connectivity index (χ2v) is 15.7. The lowest BCUT2D eigenvalue weighted by Gasteiger charge is -2.72. The number of carbonyl (C=O) groups excluding carboxylic acids is 1. The Hall–Kier alpha value is -0.640. The van der Waals surface area contributed by atoms with Gasteiger partial charge in [0.15, 0.2) is 0 Å². The number of Topliss-reactive ketones (excluding diaryl/α,β-unsaturated/α-hetero) is 1. The first-order valence-corrected chi connectivity index (χ1v) is 15.8. The number of rotatable bonds is 4. The van der Waals surface area contributed by atoms with Crippen molar-refractivity contribution in [2.45, 2.75) is 106 Å². The first-order valence-electron chi connectivity index (χ1n) is 14.7. The van der Waals surface area contributed by atoms with E-state index >= 15 is 0 Å². The summed E-state index contributed by atoms with van der Waals surface area (Å²) in [5, 5.41) is 11.4. The molecule has 3 nitrogen and oxygen atoms in total. The molecular weight excluding hydrogens is 512 g/mol. The van der Waals surface area contributed by atoms with Gasteiger partial charge in [-0.3, -0.25) is 9.59 Å². The summed E-state index contributed by atoms with van der Waals surface area (Å²) in [5.41, 5.74) is 1.32. The normalized spacial score (nSPS) is 51.3. The number of carboxylic acid groups (broad SMARTS) is 1. The molecular formula is C32H49BrO3. The Bertz CT molecular complexity index is 970. The number of hydrogen-bond acceptors (Lipinski definition) is 2. The smallest absolute Gasteiger partial charge is 0.309 e. The maximum Gasteiger partial charge on any atom is 0.309 e. The summed E-state index contributed by atoms with van der Waals surface area (Å²) < 4.78 is 0. The number of allylic oxidation sites excluding steroid dienone is 1. The molecule has 10 atom stereocenters. The predicted octanol–water partition coefficient (Wildman–Crippen LogP) is 8.31. The summed E-state index contributed by atoms with van der Waals surface area (Å²) in [6.45, 7) is 18.8. The molecule has 0 spiro atoms. The van der Waals surface area contributed by atoms with E-state index in [9.17, 15) is 14.7 Å². The van der Waals surface area contributed by atoms with Crippen LogP contribution in [0.2, 0.25) is 0 Å². The van der Waals surface area contributed by atoms with Crippen LogP contribution in [-0.4, -0.2) is 22.2 Å². The van der Waals surface area contributed by atoms with Gasteiger partial charge >= 0.3 is 5.97 Å². The van der Waals surface area contributed by atoms with Gasteiger partial charge in [-0.2, -0.15) is 0 Å². The van der Waals surface area contributed by atoms with E-state index in [-0.39, 0.29) is 33.5 Å². The van der Waals surface area contributed by atoms with Crippen molar-refractivity contribution in [2.75, 3.05) is 5.33 Å². The van der Waals surface area contributed by atoms with Gasteiger partial charge in [0, 0.05) is 11.2 Å². The van der Waals surface area contributed by atoms with Crippen LogP contribution >= 0.6 is 15.9 Å². The highest BCUT2D eigenvalue weighted by molar-refractivity contribution is 9.09. The molecule has 5 aliphatic carbocycles. The number of ketones is 1. The van der Waals surface area contributed by atoms with E-state index in [1.807, 2.05) is 6.92 Å². The molecule has 0 aliphatic heterocycles. The maximum absolute atomic E-state index is 12.9. The fourth-order valence-corrected chi connectivity index (χ4v) is 12.7. The molecule has 5 saturated carbocycles. The van der Waals surface area contributed by atoms with Crippen molar-refractivity contribution in [1.29, 1.82) is 0 Å². The number of carbonyl (C=O) groups is 2. The molecule has 0 bridgehead atoms. The standard InChI is InChI=1S/C32H49BrO3/c1-19(18-33)21-10-15-32(27(35)36)17-16-30(6)23(26(21)32)8-9-25-29(5)13-11-22(20(2)34)28(3,4)24(29)12-14-31(25,30)7/h21-26H,1,8-18H2,2-7H3,(H,35,36)/t21-,22+,23+,24-,25+,26+,29-,30+,31+,32-/m0/s1. The third-order valence-corrected chi connectivity index (χ3v) is 14.8. The average Bonchev–Trinajstić information content (AvgIpc) is 3.19. The van der Waals surface area contributed by atoms with Crippen molar-refractivity contribution in [3.63, 3.8) is 0 Å². The molecule has 5 fully saturated rings. The van der Waals surface area contributed by atoms with Crippen molar-refractivity contribution < 1.29 is 14.7 Å². The van der Waals surface area contributed by atoms with Crippen molar-refractivity contribution in [3.05, 3.63) is 12.2 Å². The van der Waals surface area contributed by atoms with Gasteiger partial charge in [0.25, 0.3) is 0 Å². The zero-order valence-electron chi connectivity index (χ0n) is 23.6. The lowest BCUT2D eigenvalue weighted by molar-refractivity contribution is -0.242. The quantitative estimate of drug-likeness (QED) is 0.277. The summed E-state index contributed by atoms with van der Waals surface area (Å²) in [7, 11) is 0. The van der Waals surface area contributed by atoms with Crippen LogP contribution in [0, 0.1) is 62.6 Å². The Balaban J connectivity index is 1.55. The van der Waals surface area contributed by atoms with Gasteiger partial charge in [-0.15, -0.1) is 0 Å². The third-order valence-electron chi connectivity index (χ3n) is 14.1. The molecule has 4 heteroatoms. The first-order chi connectivity index (χ1) is 16.7. The minimum Gasteiger partial charge on any atom is -0.481 e. The highest BCUT2D eigenvalue weighted by atomic mass is 79.9. The highest BCUT2D eigenvalue weighted by Gasteiger charge is 2.72. The van der Waals surface area contributed by atoms with E-state index < -0.39 is 11.4 Å². The van der Waals surface area contributed by atoms with Gasteiger partial charge < -0.3 is 5.11 Å². The molecule has 1 N–H and O–H groups in total. The minimum atomic E-state index is -0.564. The zero-order chi connectivity index (χ0) is 26.5. The summed E-state index contributed by atoms with van der Waals surface area (Å²) in [6.07, 6.45) is 10.6. The molecule has 0 saturated heterocycles. The Morgan fingerprint density at radius 1 is 0.861 bits per heavy atom. The monoisotopic (exact) mass is 560 g/mol. The topological polar surface area (TPSA) is 54.4 Å². The summed E-state index contributed by atoms with van der Waals surface area (Å²) in [4.78, 5) is 25.5. The molecule has 0 aromatic carbocycles. The Morgan fingerprint density at radius 3 is 2.17 bits per heavy atom. The van der Waals surface area contributed by atoms with Crippen LogP contribution in [0.3, 0.4) is 0 Å². The lowest BCUT2D eigenvalue weighted by atomic mass is 9.32. The molecule has 5 rings (SSSR count). The van der Waals surface area contributed by atoms with Gasteiger partial charge in [-0.1, -0.05) is 62.7 Å². The third kappa shape index (κ3) is 3.21. The maximum atomic E-state index is 12.9. The van der Waals surface area contributed by atoms with E-state index in [4.69, 9.17) is 0 Å². The lowest BCUT2D eigenvalue weighted by Crippen LogP contribution is -2.66. The predicted molar refractivity (Wildman–Crippen MR) is 149 cm³/mol. The second kappa shape index (κ2) is 8.43. The molecule has 202 valence electrons. The first kappa shape index (κ1) is 26.9. The summed E-state index contributed by atoms with van der Waals surface area (Å²) in [6, 6.07) is 0. The number of hydrogen-bond donors (Lipinski definition) is 1. The van der Waals surface area contributed by atoms with Crippen LogP contribution in [0.1, 0.15) is 106 Å². The fraction of sp³-hybridized carbons (Fsp3) is 0.875. The summed E-state index contributed by atoms with van der Waals surface area (Å²) >= 11 is 3.66. The largest absolute Gasteiger partial charge is 0.481 e. The molecule has 0 aromatic rings. The summed E-state index contributed by atoms with van der Waals surface area (Å²) in [5.74, 6) is 2.23. The van der Waals surface area contributed by atoms with E-state index in [1.54, 1.807) is 0 Å². The number of fused-ring (bicyclic) bond motifs is 7. The van der Waals surface area contributed by atoms with Crippen LogP contribution in [0.4, 0.5) is 0 Å². The Labute approximate surface area is 227 Å². The van der Waals surface area contributed by atoms with E-state index in [0.717, 1.165) is 50.3 Å². The van der Waals surface area contributed by atoms with Gasteiger partial charge in [0.1, 0.15) is 5.78 Å². The van der Waals surface area contributed by atoms with Crippen LogP contribution < -0.4 is 0 Å². The van der Waals surface area contributed by atoms with E-state index in [1.165, 1.54) is 24.8 Å². The van der Waals surface area contributed by atoms with Gasteiger partial charge in [0.05, 0.1) is 5.41 Å². The van der Waals surface area contributed by atoms with Gasteiger partial charge in [0.2, 0.25) is 0 Å². The average molecular weight is 562 g/mol. The minimum absolute atomic E-state index is 0.0487. The number of carboxylic acids is 1. The van der Waals surface area contributed by atoms with Crippen LogP contribution in [-0.2, 0) is 9.59 Å². The fourth-order valence-electron chi connectivity index (χ4n) is 12.3. The van der Waals surface area contributed by atoms with Crippen LogP contribution in [0.25, 0.3) is 0 Å². The molecule has 0 heterocycles.